The van der Waals surface area contributed by atoms with E-state index in [1.807, 2.05) is 0 Å². The number of alkyl halides is 3. The highest BCUT2D eigenvalue weighted by Crippen LogP contribution is 2.37. The molecule has 0 aliphatic rings. The van der Waals surface area contributed by atoms with Crippen molar-refractivity contribution in [3.8, 4) is 0 Å². The minimum atomic E-state index is -4.45. The van der Waals surface area contributed by atoms with E-state index in [2.05, 4.69) is 0 Å². The molecule has 4 N–H and O–H groups in total. The van der Waals surface area contributed by atoms with Crippen LogP contribution in [0, 0.1) is 13.8 Å². The molecule has 5 heteroatoms. The summed E-state index contributed by atoms with van der Waals surface area (Å²) >= 11 is 0. The number of hydrogen-bond acceptors (Lipinski definition) is 2. The maximum Gasteiger partial charge on any atom is 0.418 e. The molecule has 0 aromatic heterocycles. The molecule has 0 amide bonds. The first-order chi connectivity index (χ1) is 6.25. The quantitative estimate of drug-likeness (QED) is 0.638. The smallest absolute Gasteiger partial charge is 0.398 e. The third kappa shape index (κ3) is 1.62. The molecule has 1 rings (SSSR count). The van der Waals surface area contributed by atoms with Gasteiger partial charge in [-0.1, -0.05) is 0 Å². The lowest BCUT2D eigenvalue weighted by atomic mass is 10.0. The molecule has 0 bridgehead atoms. The molecule has 0 aliphatic heterocycles. The van der Waals surface area contributed by atoms with Crippen LogP contribution in [0.2, 0.25) is 0 Å². The lowest BCUT2D eigenvalue weighted by Gasteiger charge is -2.15. The van der Waals surface area contributed by atoms with E-state index in [-0.39, 0.29) is 11.4 Å². The van der Waals surface area contributed by atoms with E-state index in [4.69, 9.17) is 11.5 Å². The molecular formula is C9H11F3N2. The number of hydrogen-bond donors (Lipinski definition) is 2. The van der Waals surface area contributed by atoms with Crippen LogP contribution in [0.1, 0.15) is 16.7 Å². The fraction of sp³-hybridized carbons (Fsp3) is 0.333. The van der Waals surface area contributed by atoms with Gasteiger partial charge >= 0.3 is 6.18 Å². The van der Waals surface area contributed by atoms with Gasteiger partial charge in [-0.15, -0.1) is 0 Å². The van der Waals surface area contributed by atoms with Crippen LogP contribution in [0.3, 0.4) is 0 Å². The van der Waals surface area contributed by atoms with Crippen LogP contribution < -0.4 is 11.5 Å². The van der Waals surface area contributed by atoms with Crippen molar-refractivity contribution >= 4 is 11.4 Å². The Kier molecular flexibility index (Phi) is 2.35. The summed E-state index contributed by atoms with van der Waals surface area (Å²) in [6, 6.07) is 0.873. The summed E-state index contributed by atoms with van der Waals surface area (Å²) in [7, 11) is 0. The van der Waals surface area contributed by atoms with E-state index < -0.39 is 11.7 Å². The Hall–Kier alpha value is -1.39. The predicted molar refractivity (Wildman–Crippen MR) is 49.7 cm³/mol. The zero-order valence-electron chi connectivity index (χ0n) is 7.87. The molecule has 1 aromatic carbocycles. The summed E-state index contributed by atoms with van der Waals surface area (Å²) in [4.78, 5) is 0. The van der Waals surface area contributed by atoms with Crippen LogP contribution in [-0.2, 0) is 6.18 Å². The molecule has 0 unspecified atom stereocenters. The van der Waals surface area contributed by atoms with E-state index >= 15 is 0 Å². The first-order valence-corrected chi connectivity index (χ1v) is 3.97. The fourth-order valence-corrected chi connectivity index (χ4v) is 1.20. The average molecular weight is 204 g/mol. The van der Waals surface area contributed by atoms with Gasteiger partial charge < -0.3 is 11.5 Å². The van der Waals surface area contributed by atoms with E-state index in [9.17, 15) is 13.2 Å². The lowest BCUT2D eigenvalue weighted by molar-refractivity contribution is -0.136. The van der Waals surface area contributed by atoms with Crippen molar-refractivity contribution in [3.05, 3.63) is 22.8 Å². The SMILES string of the molecule is Cc1c(N)cc(C(F)(F)F)c(N)c1C. The standard InChI is InChI=1S/C9H11F3N2/c1-4-5(2)8(14)6(3-7(4)13)9(10,11)12/h3H,13-14H2,1-2H3. The Morgan fingerprint density at radius 3 is 2.00 bits per heavy atom. The highest BCUT2D eigenvalue weighted by molar-refractivity contribution is 5.66. The Morgan fingerprint density at radius 1 is 1.07 bits per heavy atom. The summed E-state index contributed by atoms with van der Waals surface area (Å²) in [5.41, 5.74) is 10.8. The number of benzene rings is 1. The van der Waals surface area contributed by atoms with Gasteiger partial charge in [-0.25, -0.2) is 0 Å². The van der Waals surface area contributed by atoms with Crippen molar-refractivity contribution < 1.29 is 13.2 Å². The van der Waals surface area contributed by atoms with Crippen LogP contribution in [0.5, 0.6) is 0 Å². The molecule has 78 valence electrons. The zero-order chi connectivity index (χ0) is 11.1. The largest absolute Gasteiger partial charge is 0.418 e. The highest BCUT2D eigenvalue weighted by Gasteiger charge is 2.34. The molecule has 0 saturated carbocycles. The molecule has 0 saturated heterocycles. The number of nitrogens with two attached hydrogens (primary N) is 2. The van der Waals surface area contributed by atoms with E-state index in [1.54, 1.807) is 6.92 Å². The van der Waals surface area contributed by atoms with Crippen molar-refractivity contribution in [2.24, 2.45) is 0 Å². The molecule has 0 fully saturated rings. The molecule has 0 aliphatic carbocycles. The maximum atomic E-state index is 12.4. The van der Waals surface area contributed by atoms with E-state index in [0.717, 1.165) is 6.07 Å². The molecule has 14 heavy (non-hydrogen) atoms. The van der Waals surface area contributed by atoms with Crippen LogP contribution in [0.25, 0.3) is 0 Å². The van der Waals surface area contributed by atoms with Gasteiger partial charge in [0.25, 0.3) is 0 Å². The van der Waals surface area contributed by atoms with E-state index in [0.29, 0.717) is 11.1 Å². The van der Waals surface area contributed by atoms with Crippen molar-refractivity contribution in [2.75, 3.05) is 11.5 Å². The van der Waals surface area contributed by atoms with Crippen molar-refractivity contribution in [1.82, 2.24) is 0 Å². The number of halogens is 3. The molecule has 2 nitrogen and oxygen atoms in total. The third-order valence-electron chi connectivity index (χ3n) is 2.29. The second-order valence-electron chi connectivity index (χ2n) is 3.17. The van der Waals surface area contributed by atoms with Crippen molar-refractivity contribution in [3.63, 3.8) is 0 Å². The monoisotopic (exact) mass is 204 g/mol. The minimum Gasteiger partial charge on any atom is -0.398 e. The molecule has 0 heterocycles. The Labute approximate surface area is 79.7 Å². The number of anilines is 2. The van der Waals surface area contributed by atoms with Gasteiger partial charge in [0, 0.05) is 11.4 Å². The van der Waals surface area contributed by atoms with Crippen molar-refractivity contribution in [1.29, 1.82) is 0 Å². The van der Waals surface area contributed by atoms with Crippen LogP contribution in [0.4, 0.5) is 24.5 Å². The molecular weight excluding hydrogens is 193 g/mol. The molecule has 0 atom stereocenters. The predicted octanol–water partition coefficient (Wildman–Crippen LogP) is 2.49. The second-order valence-corrected chi connectivity index (χ2v) is 3.17. The second kappa shape index (κ2) is 3.08. The highest BCUT2D eigenvalue weighted by atomic mass is 19.4. The fourth-order valence-electron chi connectivity index (χ4n) is 1.20. The van der Waals surface area contributed by atoms with Gasteiger partial charge in [-0.3, -0.25) is 0 Å². The van der Waals surface area contributed by atoms with Crippen LogP contribution in [0.15, 0.2) is 6.07 Å². The van der Waals surface area contributed by atoms with Gasteiger partial charge in [-0.05, 0) is 31.0 Å². The summed E-state index contributed by atoms with van der Waals surface area (Å²) in [5, 5.41) is 0. The van der Waals surface area contributed by atoms with Gasteiger partial charge in [0.2, 0.25) is 0 Å². The zero-order valence-corrected chi connectivity index (χ0v) is 7.87. The Bertz CT molecular complexity index is 369. The van der Waals surface area contributed by atoms with Gasteiger partial charge in [0.15, 0.2) is 0 Å². The molecule has 0 spiro atoms. The minimum absolute atomic E-state index is 0.115. The van der Waals surface area contributed by atoms with Gasteiger partial charge in [0.05, 0.1) is 5.56 Å². The normalized spacial score (nSPS) is 11.8. The summed E-state index contributed by atoms with van der Waals surface area (Å²) in [6.45, 7) is 3.16. The first-order valence-electron chi connectivity index (χ1n) is 3.97. The summed E-state index contributed by atoms with van der Waals surface area (Å²) < 4.78 is 37.2. The Morgan fingerprint density at radius 2 is 1.57 bits per heavy atom. The van der Waals surface area contributed by atoms with E-state index in [1.165, 1.54) is 6.92 Å². The maximum absolute atomic E-state index is 12.4. The average Bonchev–Trinajstić information content (AvgIpc) is 2.06. The Balaban J connectivity index is 3.49. The van der Waals surface area contributed by atoms with Crippen molar-refractivity contribution in [2.45, 2.75) is 20.0 Å². The van der Waals surface area contributed by atoms with Crippen LogP contribution >= 0.6 is 0 Å². The topological polar surface area (TPSA) is 52.0 Å². The molecule has 1 aromatic rings. The van der Waals surface area contributed by atoms with Gasteiger partial charge in [0.1, 0.15) is 0 Å². The lowest BCUT2D eigenvalue weighted by Crippen LogP contribution is -2.12. The summed E-state index contributed by atoms with van der Waals surface area (Å²) in [6.07, 6.45) is -4.45. The van der Waals surface area contributed by atoms with Crippen LogP contribution in [-0.4, -0.2) is 0 Å². The summed E-state index contributed by atoms with van der Waals surface area (Å²) in [5.74, 6) is 0. The first kappa shape index (κ1) is 10.7. The third-order valence-corrected chi connectivity index (χ3v) is 2.29. The molecule has 0 radical (unpaired) electrons. The number of rotatable bonds is 0. The van der Waals surface area contributed by atoms with Gasteiger partial charge in [-0.2, -0.15) is 13.2 Å². The number of nitrogen functional groups attached to an aromatic ring is 2.